The largest absolute Gasteiger partial charge is 0.370 e. The summed E-state index contributed by atoms with van der Waals surface area (Å²) in [6, 6.07) is 6.61. The van der Waals surface area contributed by atoms with E-state index in [0.29, 0.717) is 18.9 Å². The van der Waals surface area contributed by atoms with Gasteiger partial charge in [-0.05, 0) is 18.2 Å². The number of rotatable bonds is 1. The van der Waals surface area contributed by atoms with Crippen LogP contribution in [0, 0.1) is 17.7 Å². The van der Waals surface area contributed by atoms with Gasteiger partial charge in [-0.15, -0.1) is 0 Å². The molecule has 2 aliphatic heterocycles. The van der Waals surface area contributed by atoms with Crippen LogP contribution in [-0.2, 0) is 4.79 Å². The van der Waals surface area contributed by atoms with Gasteiger partial charge in [-0.1, -0.05) is 6.07 Å². The number of nitrogens with one attached hydrogen (secondary N) is 1. The zero-order valence-electron chi connectivity index (χ0n) is 9.53. The van der Waals surface area contributed by atoms with Crippen LogP contribution in [0.3, 0.4) is 0 Å². The molecule has 2 bridgehead atoms. The van der Waals surface area contributed by atoms with Gasteiger partial charge in [0.1, 0.15) is 11.6 Å². The number of ketones is 1. The molecular weight excluding hydrogens is 219 g/mol. The predicted octanol–water partition coefficient (Wildman–Crippen LogP) is 1.05. The van der Waals surface area contributed by atoms with Gasteiger partial charge in [0, 0.05) is 43.7 Å². The second-order valence-electron chi connectivity index (χ2n) is 4.84. The molecule has 2 atom stereocenters. The average molecular weight is 234 g/mol. The van der Waals surface area contributed by atoms with E-state index in [0.717, 1.165) is 18.8 Å². The van der Waals surface area contributed by atoms with Crippen molar-refractivity contribution in [3.8, 4) is 0 Å². The number of nitrogens with zero attached hydrogens (tertiary/aromatic N) is 1. The first-order valence-corrected chi connectivity index (χ1v) is 5.99. The Labute approximate surface area is 99.6 Å². The van der Waals surface area contributed by atoms with E-state index in [1.807, 2.05) is 6.07 Å². The molecule has 0 amide bonds. The molecule has 4 heteroatoms. The maximum Gasteiger partial charge on any atom is 0.145 e. The van der Waals surface area contributed by atoms with E-state index in [2.05, 4.69) is 10.2 Å². The van der Waals surface area contributed by atoms with Crippen molar-refractivity contribution < 1.29 is 9.18 Å². The molecule has 1 aromatic rings. The summed E-state index contributed by atoms with van der Waals surface area (Å²) in [4.78, 5) is 14.0. The van der Waals surface area contributed by atoms with Crippen LogP contribution in [0.5, 0.6) is 0 Å². The Balaban J connectivity index is 1.84. The summed E-state index contributed by atoms with van der Waals surface area (Å²) >= 11 is 0. The highest BCUT2D eigenvalue weighted by atomic mass is 19.1. The number of anilines is 1. The molecule has 1 aromatic carbocycles. The first kappa shape index (κ1) is 10.7. The topological polar surface area (TPSA) is 32.3 Å². The summed E-state index contributed by atoms with van der Waals surface area (Å²) in [6.45, 7) is 2.90. The third-order valence-corrected chi connectivity index (χ3v) is 3.64. The van der Waals surface area contributed by atoms with Gasteiger partial charge in [-0.25, -0.2) is 4.39 Å². The molecule has 0 spiro atoms. The number of piperidine rings is 2. The van der Waals surface area contributed by atoms with Crippen LogP contribution >= 0.6 is 0 Å². The number of halogens is 1. The molecule has 0 aromatic heterocycles. The van der Waals surface area contributed by atoms with E-state index in [4.69, 9.17) is 0 Å². The standard InChI is InChI=1S/C13H15FN2O/c14-11-2-1-3-12(4-11)16-7-9-5-15-6-10(8-16)13(9)17/h1-4,9-10,15H,5-8H2. The van der Waals surface area contributed by atoms with E-state index >= 15 is 0 Å². The number of Topliss-reactive ketones (excluding diaryl/α,β-unsaturated/α-hetero) is 1. The second-order valence-corrected chi connectivity index (χ2v) is 4.84. The molecule has 2 heterocycles. The molecule has 90 valence electrons. The highest BCUT2D eigenvalue weighted by Crippen LogP contribution is 2.26. The zero-order chi connectivity index (χ0) is 11.8. The van der Waals surface area contributed by atoms with Crippen LogP contribution in [0.15, 0.2) is 24.3 Å². The molecule has 0 saturated carbocycles. The molecule has 2 fully saturated rings. The molecule has 0 radical (unpaired) electrons. The van der Waals surface area contributed by atoms with Crippen LogP contribution in [0.25, 0.3) is 0 Å². The average Bonchev–Trinajstić information content (AvgIpc) is 2.28. The van der Waals surface area contributed by atoms with Gasteiger partial charge >= 0.3 is 0 Å². The van der Waals surface area contributed by atoms with Gasteiger partial charge in [0.15, 0.2) is 0 Å². The quantitative estimate of drug-likeness (QED) is 0.788. The fourth-order valence-corrected chi connectivity index (χ4v) is 2.77. The maximum atomic E-state index is 13.2. The Kier molecular flexibility index (Phi) is 2.59. The molecule has 3 nitrogen and oxygen atoms in total. The highest BCUT2D eigenvalue weighted by molar-refractivity contribution is 5.87. The van der Waals surface area contributed by atoms with Crippen LogP contribution in [0.4, 0.5) is 10.1 Å². The van der Waals surface area contributed by atoms with Crippen LogP contribution in [0.1, 0.15) is 0 Å². The minimum atomic E-state index is -0.220. The number of fused-ring (bicyclic) bond motifs is 2. The van der Waals surface area contributed by atoms with Crippen molar-refractivity contribution in [1.82, 2.24) is 5.32 Å². The lowest BCUT2D eigenvalue weighted by Gasteiger charge is -2.41. The van der Waals surface area contributed by atoms with Gasteiger partial charge in [0.25, 0.3) is 0 Å². The molecule has 1 N–H and O–H groups in total. The minimum Gasteiger partial charge on any atom is -0.370 e. The number of hydrogen-bond acceptors (Lipinski definition) is 3. The lowest BCUT2D eigenvalue weighted by Crippen LogP contribution is -2.57. The summed E-state index contributed by atoms with van der Waals surface area (Å²) in [5.41, 5.74) is 0.884. The molecule has 0 aliphatic carbocycles. The van der Waals surface area contributed by atoms with E-state index < -0.39 is 0 Å². The third kappa shape index (κ3) is 1.93. The van der Waals surface area contributed by atoms with Gasteiger partial charge in [-0.3, -0.25) is 4.79 Å². The molecule has 3 rings (SSSR count). The van der Waals surface area contributed by atoms with Crippen molar-refractivity contribution in [3.05, 3.63) is 30.1 Å². The monoisotopic (exact) mass is 234 g/mol. The Bertz CT molecular complexity index is 433. The SMILES string of the molecule is O=C1C2CNCC1CN(c1cccc(F)c1)C2. The smallest absolute Gasteiger partial charge is 0.145 e. The number of benzene rings is 1. The van der Waals surface area contributed by atoms with Crippen molar-refractivity contribution >= 4 is 11.5 Å². The fraction of sp³-hybridized carbons (Fsp3) is 0.462. The van der Waals surface area contributed by atoms with Crippen LogP contribution in [-0.4, -0.2) is 32.0 Å². The predicted molar refractivity (Wildman–Crippen MR) is 63.5 cm³/mol. The lowest BCUT2D eigenvalue weighted by atomic mass is 9.84. The summed E-state index contributed by atoms with van der Waals surface area (Å²) < 4.78 is 13.2. The van der Waals surface area contributed by atoms with Gasteiger partial charge < -0.3 is 10.2 Å². The molecular formula is C13H15FN2O. The van der Waals surface area contributed by atoms with Crippen LogP contribution in [0.2, 0.25) is 0 Å². The molecule has 2 aliphatic rings. The molecule has 17 heavy (non-hydrogen) atoms. The summed E-state index contributed by atoms with van der Waals surface area (Å²) in [7, 11) is 0. The number of carbonyl (C=O) groups excluding carboxylic acids is 1. The Morgan fingerprint density at radius 1 is 1.24 bits per heavy atom. The zero-order valence-corrected chi connectivity index (χ0v) is 9.53. The van der Waals surface area contributed by atoms with Gasteiger partial charge in [0.2, 0.25) is 0 Å². The minimum absolute atomic E-state index is 0.0609. The van der Waals surface area contributed by atoms with Crippen molar-refractivity contribution in [2.24, 2.45) is 11.8 Å². The number of carbonyl (C=O) groups is 1. The Morgan fingerprint density at radius 2 is 1.94 bits per heavy atom. The summed E-state index contributed by atoms with van der Waals surface area (Å²) in [5, 5.41) is 3.28. The lowest BCUT2D eigenvalue weighted by molar-refractivity contribution is -0.129. The van der Waals surface area contributed by atoms with E-state index in [1.54, 1.807) is 12.1 Å². The van der Waals surface area contributed by atoms with E-state index in [9.17, 15) is 9.18 Å². The Morgan fingerprint density at radius 3 is 2.59 bits per heavy atom. The Hall–Kier alpha value is -1.42. The first-order valence-electron chi connectivity index (χ1n) is 5.99. The fourth-order valence-electron chi connectivity index (χ4n) is 2.77. The third-order valence-electron chi connectivity index (χ3n) is 3.64. The summed E-state index contributed by atoms with van der Waals surface area (Å²) in [6.07, 6.45) is 0. The second kappa shape index (κ2) is 4.11. The summed E-state index contributed by atoms with van der Waals surface area (Å²) in [5.74, 6) is 0.274. The normalized spacial score (nSPS) is 28.3. The van der Waals surface area contributed by atoms with E-state index in [1.165, 1.54) is 6.07 Å². The van der Waals surface area contributed by atoms with Crippen molar-refractivity contribution in [2.75, 3.05) is 31.1 Å². The first-order chi connectivity index (χ1) is 8.24. The molecule has 2 saturated heterocycles. The van der Waals surface area contributed by atoms with E-state index in [-0.39, 0.29) is 17.7 Å². The van der Waals surface area contributed by atoms with Crippen molar-refractivity contribution in [3.63, 3.8) is 0 Å². The van der Waals surface area contributed by atoms with Gasteiger partial charge in [0.05, 0.1) is 0 Å². The maximum absolute atomic E-state index is 13.2. The molecule has 2 unspecified atom stereocenters. The van der Waals surface area contributed by atoms with Crippen molar-refractivity contribution in [2.45, 2.75) is 0 Å². The highest BCUT2D eigenvalue weighted by Gasteiger charge is 2.37. The van der Waals surface area contributed by atoms with Crippen molar-refractivity contribution in [1.29, 1.82) is 0 Å². The van der Waals surface area contributed by atoms with Crippen LogP contribution < -0.4 is 10.2 Å². The number of hydrogen-bond donors (Lipinski definition) is 1. The van der Waals surface area contributed by atoms with Gasteiger partial charge in [-0.2, -0.15) is 0 Å².